The van der Waals surface area contributed by atoms with E-state index in [-0.39, 0.29) is 18.4 Å². The van der Waals surface area contributed by atoms with E-state index in [1.165, 1.54) is 0 Å². The number of imide groups is 1. The SMILES string of the molecule is CC(C)C(C)(C#N)NC(=O)CN1C(=O)NC2(CCSC2)C1=O. The third-order valence-corrected chi connectivity index (χ3v) is 5.55. The summed E-state index contributed by atoms with van der Waals surface area (Å²) in [5, 5.41) is 14.5. The quantitative estimate of drug-likeness (QED) is 0.732. The van der Waals surface area contributed by atoms with E-state index in [1.54, 1.807) is 18.7 Å². The number of hydrogen-bond donors (Lipinski definition) is 2. The molecule has 0 bridgehead atoms. The zero-order valence-corrected chi connectivity index (χ0v) is 13.7. The van der Waals surface area contributed by atoms with E-state index in [0.29, 0.717) is 12.2 Å². The molecule has 120 valence electrons. The standard InChI is InChI=1S/C14H20N4O3S/c1-9(2)13(3,7-15)16-10(19)6-18-11(20)14(17-12(18)21)4-5-22-8-14/h9H,4-6,8H2,1-3H3,(H,16,19)(H,17,21). The topological polar surface area (TPSA) is 102 Å². The molecule has 0 saturated carbocycles. The second-order valence-electron chi connectivity index (χ2n) is 6.22. The molecule has 0 aliphatic carbocycles. The molecule has 0 aromatic heterocycles. The van der Waals surface area contributed by atoms with Crippen molar-refractivity contribution in [2.45, 2.75) is 38.3 Å². The van der Waals surface area contributed by atoms with Gasteiger partial charge in [0.15, 0.2) is 0 Å². The number of nitrogens with zero attached hydrogens (tertiary/aromatic N) is 2. The molecule has 7 nitrogen and oxygen atoms in total. The minimum atomic E-state index is -1.03. The number of carbonyl (C=O) groups excluding carboxylic acids is 3. The Hall–Kier alpha value is -1.75. The van der Waals surface area contributed by atoms with Gasteiger partial charge in [0.05, 0.1) is 6.07 Å². The number of nitrogens with one attached hydrogen (secondary N) is 2. The summed E-state index contributed by atoms with van der Waals surface area (Å²) in [7, 11) is 0. The predicted octanol–water partition coefficient (Wildman–Crippen LogP) is 0.468. The normalized spacial score (nSPS) is 27.0. The Kier molecular flexibility index (Phi) is 4.38. The van der Waals surface area contributed by atoms with Crippen molar-refractivity contribution in [1.82, 2.24) is 15.5 Å². The van der Waals surface area contributed by atoms with Crippen LogP contribution < -0.4 is 10.6 Å². The molecule has 2 aliphatic rings. The van der Waals surface area contributed by atoms with E-state index < -0.39 is 23.0 Å². The van der Waals surface area contributed by atoms with Crippen molar-refractivity contribution in [2.24, 2.45) is 5.92 Å². The average molecular weight is 324 g/mol. The van der Waals surface area contributed by atoms with Gasteiger partial charge >= 0.3 is 6.03 Å². The molecular weight excluding hydrogens is 304 g/mol. The molecule has 2 atom stereocenters. The monoisotopic (exact) mass is 324 g/mol. The van der Waals surface area contributed by atoms with Crippen LogP contribution >= 0.6 is 11.8 Å². The molecule has 0 radical (unpaired) electrons. The van der Waals surface area contributed by atoms with Gasteiger partial charge in [0.1, 0.15) is 17.6 Å². The van der Waals surface area contributed by atoms with Crippen LogP contribution in [0.5, 0.6) is 0 Å². The molecule has 22 heavy (non-hydrogen) atoms. The minimum absolute atomic E-state index is 0.0952. The summed E-state index contributed by atoms with van der Waals surface area (Å²) in [6.45, 7) is 4.90. The molecule has 2 saturated heterocycles. The predicted molar refractivity (Wildman–Crippen MR) is 81.9 cm³/mol. The van der Waals surface area contributed by atoms with Crippen LogP contribution in [-0.4, -0.2) is 51.9 Å². The van der Waals surface area contributed by atoms with Gasteiger partial charge in [-0.2, -0.15) is 17.0 Å². The molecule has 0 aromatic carbocycles. The van der Waals surface area contributed by atoms with Crippen LogP contribution in [0.25, 0.3) is 0 Å². The van der Waals surface area contributed by atoms with Gasteiger partial charge in [-0.15, -0.1) is 0 Å². The molecule has 2 aliphatic heterocycles. The van der Waals surface area contributed by atoms with E-state index in [0.717, 1.165) is 10.7 Å². The fraction of sp³-hybridized carbons (Fsp3) is 0.714. The first-order valence-corrected chi connectivity index (χ1v) is 8.34. The van der Waals surface area contributed by atoms with Crippen LogP contribution in [0.1, 0.15) is 27.2 Å². The third kappa shape index (κ3) is 2.77. The summed E-state index contributed by atoms with van der Waals surface area (Å²) in [5.74, 6) is 0.399. The van der Waals surface area contributed by atoms with E-state index in [4.69, 9.17) is 0 Å². The van der Waals surface area contributed by atoms with Crippen LogP contribution in [0, 0.1) is 17.2 Å². The largest absolute Gasteiger partial charge is 0.336 e. The molecule has 2 rings (SSSR count). The highest BCUT2D eigenvalue weighted by molar-refractivity contribution is 7.99. The molecule has 1 spiro atoms. The van der Waals surface area contributed by atoms with Gasteiger partial charge in [0.25, 0.3) is 5.91 Å². The van der Waals surface area contributed by atoms with Gasteiger partial charge in [-0.25, -0.2) is 4.79 Å². The first-order chi connectivity index (χ1) is 10.2. The Morgan fingerprint density at radius 1 is 1.59 bits per heavy atom. The molecule has 2 unspecified atom stereocenters. The van der Waals surface area contributed by atoms with Crippen LogP contribution in [0.4, 0.5) is 4.79 Å². The van der Waals surface area contributed by atoms with Crippen LogP contribution in [-0.2, 0) is 9.59 Å². The first-order valence-electron chi connectivity index (χ1n) is 7.18. The van der Waals surface area contributed by atoms with Crippen molar-refractivity contribution in [3.05, 3.63) is 0 Å². The lowest BCUT2D eigenvalue weighted by Gasteiger charge is -2.28. The fourth-order valence-corrected chi connectivity index (χ4v) is 3.75. The highest BCUT2D eigenvalue weighted by Gasteiger charge is 2.53. The van der Waals surface area contributed by atoms with Crippen molar-refractivity contribution in [2.75, 3.05) is 18.1 Å². The highest BCUT2D eigenvalue weighted by atomic mass is 32.2. The smallest absolute Gasteiger partial charge is 0.325 e. The summed E-state index contributed by atoms with van der Waals surface area (Å²) < 4.78 is 0. The number of urea groups is 1. The van der Waals surface area contributed by atoms with Gasteiger partial charge in [-0.1, -0.05) is 13.8 Å². The maximum atomic E-state index is 12.4. The van der Waals surface area contributed by atoms with Crippen molar-refractivity contribution in [3.8, 4) is 6.07 Å². The molecule has 8 heteroatoms. The van der Waals surface area contributed by atoms with Gasteiger partial charge < -0.3 is 10.6 Å². The molecular formula is C14H20N4O3S. The van der Waals surface area contributed by atoms with Gasteiger partial charge in [-0.3, -0.25) is 14.5 Å². The second-order valence-corrected chi connectivity index (χ2v) is 7.33. The lowest BCUT2D eigenvalue weighted by molar-refractivity contribution is -0.134. The summed E-state index contributed by atoms with van der Waals surface area (Å²) >= 11 is 1.61. The van der Waals surface area contributed by atoms with Crippen molar-refractivity contribution in [3.63, 3.8) is 0 Å². The van der Waals surface area contributed by atoms with E-state index in [9.17, 15) is 19.6 Å². The minimum Gasteiger partial charge on any atom is -0.336 e. The summed E-state index contributed by atoms with van der Waals surface area (Å²) in [4.78, 5) is 37.5. The fourth-order valence-electron chi connectivity index (χ4n) is 2.43. The lowest BCUT2D eigenvalue weighted by Crippen LogP contribution is -2.53. The second kappa shape index (κ2) is 5.80. The zero-order valence-electron chi connectivity index (χ0n) is 12.9. The summed E-state index contributed by atoms with van der Waals surface area (Å²) in [6, 6.07) is 1.53. The number of rotatable bonds is 4. The number of amides is 4. The average Bonchev–Trinajstić information content (AvgIpc) is 3.00. The Bertz CT molecular complexity index is 551. The summed E-state index contributed by atoms with van der Waals surface area (Å²) in [6.07, 6.45) is 0.586. The number of nitriles is 1. The Balaban J connectivity index is 2.05. The van der Waals surface area contributed by atoms with Crippen molar-refractivity contribution >= 4 is 29.6 Å². The molecule has 4 amide bonds. The molecule has 0 aromatic rings. The number of hydrogen-bond acceptors (Lipinski definition) is 5. The number of carbonyl (C=O) groups is 3. The van der Waals surface area contributed by atoms with Gasteiger partial charge in [-0.05, 0) is 25.0 Å². The van der Waals surface area contributed by atoms with E-state index in [2.05, 4.69) is 16.7 Å². The Morgan fingerprint density at radius 2 is 2.27 bits per heavy atom. The van der Waals surface area contributed by atoms with Crippen LogP contribution in [0.2, 0.25) is 0 Å². The lowest BCUT2D eigenvalue weighted by atomic mass is 9.90. The van der Waals surface area contributed by atoms with E-state index in [1.807, 2.05) is 13.8 Å². The number of thioether (sulfide) groups is 1. The molecule has 2 N–H and O–H groups in total. The first kappa shape index (κ1) is 16.6. The highest BCUT2D eigenvalue weighted by Crippen LogP contribution is 2.33. The van der Waals surface area contributed by atoms with E-state index >= 15 is 0 Å². The molecule has 2 heterocycles. The summed E-state index contributed by atoms with van der Waals surface area (Å²) in [5.41, 5.74) is -1.88. The maximum absolute atomic E-state index is 12.4. The van der Waals surface area contributed by atoms with Gasteiger partial charge in [0, 0.05) is 5.75 Å². The van der Waals surface area contributed by atoms with Crippen molar-refractivity contribution in [1.29, 1.82) is 5.26 Å². The zero-order chi connectivity index (χ0) is 16.5. The van der Waals surface area contributed by atoms with Gasteiger partial charge in [0.2, 0.25) is 5.91 Å². The maximum Gasteiger partial charge on any atom is 0.325 e. The Morgan fingerprint density at radius 3 is 2.77 bits per heavy atom. The molecule has 2 fully saturated rings. The van der Waals surface area contributed by atoms with Crippen molar-refractivity contribution < 1.29 is 14.4 Å². The van der Waals surface area contributed by atoms with Crippen LogP contribution in [0.15, 0.2) is 0 Å². The third-order valence-electron chi connectivity index (χ3n) is 4.36. The Labute approximate surface area is 133 Å². The van der Waals surface area contributed by atoms with Crippen LogP contribution in [0.3, 0.4) is 0 Å².